The van der Waals surface area contributed by atoms with Crippen LogP contribution in [0.4, 0.5) is 21.0 Å². The molecule has 3 amide bonds. The molecule has 0 heterocycles. The number of benzene rings is 7. The Morgan fingerprint density at radius 1 is 0.507 bits per heavy atom. The van der Waals surface area contributed by atoms with E-state index in [4.69, 9.17) is 14.2 Å². The second kappa shape index (κ2) is 16.8. The van der Waals surface area contributed by atoms with E-state index in [9.17, 15) is 14.4 Å². The number of carbonyl (C=O) groups excluding carboxylic acids is 4. The monoisotopic (exact) mass is 885 g/mol. The van der Waals surface area contributed by atoms with Crippen molar-refractivity contribution in [1.82, 2.24) is 5.32 Å². The largest absolute Gasteiger partial charge is 0.466 e. The zero-order valence-electron chi connectivity index (χ0n) is 37.1. The van der Waals surface area contributed by atoms with E-state index >= 15 is 4.79 Å². The van der Waals surface area contributed by atoms with Crippen LogP contribution >= 0.6 is 0 Å². The number of aryl methyl sites for hydroxylation is 1. The lowest BCUT2D eigenvalue weighted by Gasteiger charge is -2.49. The highest BCUT2D eigenvalue weighted by atomic mass is 16.6. The molecule has 7 aromatic carbocycles. The zero-order chi connectivity index (χ0) is 45.8. The summed E-state index contributed by atoms with van der Waals surface area (Å²) in [6.45, 7) is 4.26. The molecule has 3 N–H and O–H groups in total. The van der Waals surface area contributed by atoms with Gasteiger partial charge in [0.1, 0.15) is 18.6 Å². The predicted octanol–water partition coefficient (Wildman–Crippen LogP) is 10.9. The molecule has 7 aromatic rings. The van der Waals surface area contributed by atoms with Gasteiger partial charge < -0.3 is 19.5 Å². The first-order chi connectivity index (χ1) is 32.7. The van der Waals surface area contributed by atoms with Crippen LogP contribution in [-0.2, 0) is 29.2 Å². The number of nitrogens with one attached hydrogen (secondary N) is 3. The normalized spacial score (nSPS) is 16.5. The van der Waals surface area contributed by atoms with Crippen molar-refractivity contribution in [3.05, 3.63) is 213 Å². The molecular weight excluding hydrogens is 839 g/mol. The van der Waals surface area contributed by atoms with Gasteiger partial charge >= 0.3 is 18.2 Å². The second-order valence-electron chi connectivity index (χ2n) is 17.6. The average Bonchev–Trinajstić information content (AvgIpc) is 3.84. The van der Waals surface area contributed by atoms with Gasteiger partial charge in [0.25, 0.3) is 0 Å². The van der Waals surface area contributed by atoms with Crippen LogP contribution in [0.5, 0.6) is 0 Å². The summed E-state index contributed by atoms with van der Waals surface area (Å²) < 4.78 is 17.1. The van der Waals surface area contributed by atoms with Gasteiger partial charge in [-0.1, -0.05) is 133 Å². The summed E-state index contributed by atoms with van der Waals surface area (Å²) in [4.78, 5) is 55.4. The maximum atomic E-state index is 15.4. The predicted molar refractivity (Wildman–Crippen MR) is 257 cm³/mol. The minimum atomic E-state index is -1.47. The van der Waals surface area contributed by atoms with Gasteiger partial charge in [0, 0.05) is 35.7 Å². The molecular formula is C57H47N3O7. The number of hydrogen-bond donors (Lipinski definition) is 3. The van der Waals surface area contributed by atoms with Crippen LogP contribution in [0.2, 0.25) is 0 Å². The maximum Gasteiger partial charge on any atom is 0.411 e. The first kappa shape index (κ1) is 41.7. The summed E-state index contributed by atoms with van der Waals surface area (Å²) in [5.41, 5.74) is 14.3. The van der Waals surface area contributed by atoms with Crippen LogP contribution < -0.4 is 16.0 Å². The maximum absolute atomic E-state index is 15.4. The van der Waals surface area contributed by atoms with E-state index in [1.54, 1.807) is 6.92 Å². The summed E-state index contributed by atoms with van der Waals surface area (Å²) in [5.74, 6) is -1.28. The van der Waals surface area contributed by atoms with Gasteiger partial charge in [0.2, 0.25) is 5.91 Å². The Labute approximate surface area is 388 Å². The molecule has 0 saturated carbocycles. The first-order valence-electron chi connectivity index (χ1n) is 22.8. The van der Waals surface area contributed by atoms with Crippen molar-refractivity contribution in [3.63, 3.8) is 0 Å². The molecule has 12 rings (SSSR count). The van der Waals surface area contributed by atoms with Crippen LogP contribution in [0.3, 0.4) is 0 Å². The number of hydrogen-bond acceptors (Lipinski definition) is 7. The SMILES string of the molecule is CCOC(=O)CCNC(=O)C12c3cc(C)ccc3C(c3ccc(NC(=O)OCC4c5ccccc5-c5ccccc54)cc31)c1ccc(NC(=O)OCC3c4ccccc4-c4ccccc43)cc12. The lowest BCUT2D eigenvalue weighted by Crippen LogP contribution is -2.53. The topological polar surface area (TPSA) is 132 Å². The first-order valence-corrected chi connectivity index (χ1v) is 22.8. The van der Waals surface area contributed by atoms with E-state index in [2.05, 4.69) is 70.5 Å². The van der Waals surface area contributed by atoms with E-state index in [0.717, 1.165) is 72.3 Å². The highest BCUT2D eigenvalue weighted by Crippen LogP contribution is 2.60. The smallest absolute Gasteiger partial charge is 0.411 e. The Hall–Kier alpha value is -7.98. The summed E-state index contributed by atoms with van der Waals surface area (Å²) in [7, 11) is 0. The average molecular weight is 886 g/mol. The molecule has 0 atom stereocenters. The Kier molecular flexibility index (Phi) is 10.4. The van der Waals surface area contributed by atoms with Gasteiger partial charge in [-0.25, -0.2) is 9.59 Å². The molecule has 5 aliphatic rings. The fourth-order valence-electron chi connectivity index (χ4n) is 11.1. The lowest BCUT2D eigenvalue weighted by molar-refractivity contribution is -0.143. The molecule has 2 bridgehead atoms. The van der Waals surface area contributed by atoms with Crippen molar-refractivity contribution in [3.8, 4) is 22.3 Å². The molecule has 0 aliphatic heterocycles. The van der Waals surface area contributed by atoms with Gasteiger partial charge in [-0.05, 0) is 116 Å². The fourth-order valence-corrected chi connectivity index (χ4v) is 11.1. The van der Waals surface area contributed by atoms with E-state index in [1.807, 2.05) is 104 Å². The Bertz CT molecular complexity index is 2920. The van der Waals surface area contributed by atoms with Gasteiger partial charge in [-0.2, -0.15) is 0 Å². The summed E-state index contributed by atoms with van der Waals surface area (Å²) in [5, 5.41) is 9.03. The molecule has 0 radical (unpaired) electrons. The van der Waals surface area contributed by atoms with Gasteiger partial charge in [-0.3, -0.25) is 20.2 Å². The molecule has 5 aliphatic carbocycles. The minimum absolute atomic E-state index is 0.0224. The summed E-state index contributed by atoms with van der Waals surface area (Å²) in [6.07, 6.45) is -1.27. The quantitative estimate of drug-likeness (QED) is 0.0870. The van der Waals surface area contributed by atoms with Crippen molar-refractivity contribution < 1.29 is 33.4 Å². The molecule has 0 saturated heterocycles. The number of carbonyl (C=O) groups is 4. The third-order valence-electron chi connectivity index (χ3n) is 13.9. The molecule has 0 spiro atoms. The van der Waals surface area contributed by atoms with Crippen molar-refractivity contribution in [2.75, 3.05) is 37.0 Å². The molecule has 0 aromatic heterocycles. The van der Waals surface area contributed by atoms with E-state index < -0.39 is 23.6 Å². The Morgan fingerprint density at radius 2 is 0.925 bits per heavy atom. The van der Waals surface area contributed by atoms with E-state index in [-0.39, 0.29) is 56.4 Å². The number of fused-ring (bicyclic) bond motifs is 6. The Balaban J connectivity index is 0.918. The third kappa shape index (κ3) is 6.94. The number of esters is 1. The number of rotatable bonds is 11. The molecule has 0 fully saturated rings. The summed E-state index contributed by atoms with van der Waals surface area (Å²) >= 11 is 0. The van der Waals surface area contributed by atoms with Gasteiger partial charge in [0.15, 0.2) is 0 Å². The van der Waals surface area contributed by atoms with Crippen LogP contribution in [-0.4, -0.2) is 50.4 Å². The van der Waals surface area contributed by atoms with Crippen LogP contribution in [0.15, 0.2) is 152 Å². The fraction of sp³-hybridized carbons (Fsp3) is 0.193. The van der Waals surface area contributed by atoms with Gasteiger partial charge in [0.05, 0.1) is 13.0 Å². The van der Waals surface area contributed by atoms with Crippen molar-refractivity contribution in [1.29, 1.82) is 0 Å². The lowest BCUT2D eigenvalue weighted by atomic mass is 9.52. The van der Waals surface area contributed by atoms with Crippen molar-refractivity contribution in [2.24, 2.45) is 0 Å². The van der Waals surface area contributed by atoms with Crippen LogP contribution in [0.1, 0.15) is 92.3 Å². The standard InChI is InChI=1S/C57H47N3O7/c1-3-65-52(61)26-27-58-54(62)57-49-28-33(2)20-23-44(49)53(45-24-21-34(29-50(45)57)59-55(63)66-31-47-40-16-8-4-12-36(40)37-13-5-9-17-41(37)47)46-25-22-35(30-51(46)57)60-56(64)67-32-48-42-18-10-6-14-38(42)39-15-7-11-19-43(39)48/h4-25,28-30,47-48,53H,3,26-27,31-32H2,1-2H3,(H,58,62)(H,59,63)(H,60,64). The molecule has 10 heteroatoms. The Morgan fingerprint density at radius 3 is 1.37 bits per heavy atom. The molecule has 0 unspecified atom stereocenters. The summed E-state index contributed by atoms with van der Waals surface area (Å²) in [6, 6.07) is 50.2. The van der Waals surface area contributed by atoms with Crippen LogP contribution in [0.25, 0.3) is 22.3 Å². The minimum Gasteiger partial charge on any atom is -0.466 e. The van der Waals surface area contributed by atoms with Crippen molar-refractivity contribution in [2.45, 2.75) is 43.4 Å². The number of amides is 3. The zero-order valence-corrected chi connectivity index (χ0v) is 37.1. The van der Waals surface area contributed by atoms with E-state index in [0.29, 0.717) is 22.5 Å². The second-order valence-corrected chi connectivity index (χ2v) is 17.6. The number of ether oxygens (including phenoxy) is 3. The highest BCUT2D eigenvalue weighted by Gasteiger charge is 2.56. The van der Waals surface area contributed by atoms with Crippen LogP contribution in [0, 0.1) is 6.92 Å². The molecule has 10 nitrogen and oxygen atoms in total. The highest BCUT2D eigenvalue weighted by molar-refractivity contribution is 6.02. The molecule has 67 heavy (non-hydrogen) atoms. The van der Waals surface area contributed by atoms with Crippen molar-refractivity contribution >= 4 is 35.4 Å². The van der Waals surface area contributed by atoms with Gasteiger partial charge in [-0.15, -0.1) is 0 Å². The third-order valence-corrected chi connectivity index (χ3v) is 13.9. The van der Waals surface area contributed by atoms with E-state index in [1.165, 1.54) is 0 Å². The number of anilines is 2. The molecule has 332 valence electrons.